The lowest BCUT2D eigenvalue weighted by Gasteiger charge is -2.37. The van der Waals surface area contributed by atoms with Crippen molar-refractivity contribution >= 4 is 27.5 Å². The number of hydrogen-bond donors (Lipinski definition) is 0. The van der Waals surface area contributed by atoms with Crippen molar-refractivity contribution in [2.75, 3.05) is 0 Å². The molecular formula is C22H30BrCl. The van der Waals surface area contributed by atoms with Crippen LogP contribution in [0.5, 0.6) is 0 Å². The molecular weight excluding hydrogens is 380 g/mol. The zero-order chi connectivity index (χ0) is 16.8. The van der Waals surface area contributed by atoms with Gasteiger partial charge in [-0.25, -0.2) is 0 Å². The van der Waals surface area contributed by atoms with Crippen LogP contribution in [-0.4, -0.2) is 0 Å². The molecule has 0 saturated heterocycles. The van der Waals surface area contributed by atoms with Crippen LogP contribution < -0.4 is 0 Å². The van der Waals surface area contributed by atoms with Gasteiger partial charge >= 0.3 is 0 Å². The zero-order valence-corrected chi connectivity index (χ0v) is 16.9. The first kappa shape index (κ1) is 18.5. The molecule has 2 fully saturated rings. The molecule has 2 aliphatic carbocycles. The fourth-order valence-electron chi connectivity index (χ4n) is 4.88. The van der Waals surface area contributed by atoms with Crippen molar-refractivity contribution in [1.29, 1.82) is 0 Å². The zero-order valence-electron chi connectivity index (χ0n) is 14.6. The van der Waals surface area contributed by atoms with Crippen molar-refractivity contribution in [1.82, 2.24) is 0 Å². The fourth-order valence-corrected chi connectivity index (χ4v) is 5.44. The molecule has 0 aromatic heterocycles. The third kappa shape index (κ3) is 5.36. The van der Waals surface area contributed by atoms with Gasteiger partial charge in [0.05, 0.1) is 0 Å². The molecule has 24 heavy (non-hydrogen) atoms. The maximum Gasteiger partial charge on any atom is 0.0406 e. The standard InChI is InChI=1S/C22H30BrCl/c23-16-15-19-5-11-21(12-6-19)20-9-3-17(4-10-20)1-2-18-7-13-22(24)14-8-18/h7-8,13-17,19-21H,1-6,9-12H2/b16-15+. The molecule has 0 nitrogen and oxygen atoms in total. The topological polar surface area (TPSA) is 0 Å². The van der Waals surface area contributed by atoms with E-state index < -0.39 is 0 Å². The summed E-state index contributed by atoms with van der Waals surface area (Å²) in [4.78, 5) is 2.06. The Morgan fingerprint density at radius 2 is 1.46 bits per heavy atom. The van der Waals surface area contributed by atoms with Crippen LogP contribution in [0.2, 0.25) is 5.02 Å². The summed E-state index contributed by atoms with van der Waals surface area (Å²) in [6.45, 7) is 0. The molecule has 0 bridgehead atoms. The summed E-state index contributed by atoms with van der Waals surface area (Å²) in [6, 6.07) is 8.42. The Balaban J connectivity index is 1.37. The average molecular weight is 410 g/mol. The van der Waals surface area contributed by atoms with Gasteiger partial charge in [-0.05, 0) is 97.7 Å². The van der Waals surface area contributed by atoms with E-state index in [0.29, 0.717) is 0 Å². The maximum atomic E-state index is 5.97. The van der Waals surface area contributed by atoms with Crippen LogP contribution in [0.15, 0.2) is 35.3 Å². The summed E-state index contributed by atoms with van der Waals surface area (Å²) in [5, 5.41) is 0.848. The van der Waals surface area contributed by atoms with E-state index in [0.717, 1.165) is 28.7 Å². The minimum absolute atomic E-state index is 0.830. The Hall–Kier alpha value is -0.270. The lowest BCUT2D eigenvalue weighted by atomic mass is 9.68. The highest BCUT2D eigenvalue weighted by atomic mass is 79.9. The van der Waals surface area contributed by atoms with Gasteiger partial charge in [-0.2, -0.15) is 0 Å². The molecule has 2 aliphatic rings. The third-order valence-corrected chi connectivity index (χ3v) is 7.03. The largest absolute Gasteiger partial charge is 0.0843 e. The van der Waals surface area contributed by atoms with Crippen LogP contribution in [0.4, 0.5) is 0 Å². The lowest BCUT2D eigenvalue weighted by molar-refractivity contribution is 0.153. The van der Waals surface area contributed by atoms with Gasteiger partial charge in [0.25, 0.3) is 0 Å². The Bertz CT molecular complexity index is 505. The minimum atomic E-state index is 0.830. The number of hydrogen-bond acceptors (Lipinski definition) is 0. The summed E-state index contributed by atoms with van der Waals surface area (Å²) < 4.78 is 0. The van der Waals surface area contributed by atoms with Gasteiger partial charge in [-0.3, -0.25) is 0 Å². The van der Waals surface area contributed by atoms with Crippen LogP contribution in [0.25, 0.3) is 0 Å². The van der Waals surface area contributed by atoms with Gasteiger partial charge in [-0.15, -0.1) is 0 Å². The summed E-state index contributed by atoms with van der Waals surface area (Å²) in [7, 11) is 0. The Morgan fingerprint density at radius 1 is 0.875 bits per heavy atom. The molecule has 1 aromatic carbocycles. The number of aryl methyl sites for hydroxylation is 1. The highest BCUT2D eigenvalue weighted by Gasteiger charge is 2.30. The normalized spacial score (nSPS) is 31.4. The molecule has 0 N–H and O–H groups in total. The van der Waals surface area contributed by atoms with E-state index in [1.807, 2.05) is 12.1 Å². The van der Waals surface area contributed by atoms with E-state index in [-0.39, 0.29) is 0 Å². The molecule has 2 heteroatoms. The van der Waals surface area contributed by atoms with Gasteiger partial charge in [-0.1, -0.05) is 58.6 Å². The average Bonchev–Trinajstić information content (AvgIpc) is 2.63. The number of halogens is 2. The van der Waals surface area contributed by atoms with Gasteiger partial charge < -0.3 is 0 Å². The van der Waals surface area contributed by atoms with Crippen LogP contribution >= 0.6 is 27.5 Å². The first-order valence-corrected chi connectivity index (χ1v) is 11.0. The van der Waals surface area contributed by atoms with E-state index in [9.17, 15) is 0 Å². The van der Waals surface area contributed by atoms with E-state index in [1.165, 1.54) is 69.8 Å². The predicted molar refractivity (Wildman–Crippen MR) is 109 cm³/mol. The van der Waals surface area contributed by atoms with E-state index in [2.05, 4.69) is 39.1 Å². The molecule has 3 rings (SSSR count). The molecule has 1 aromatic rings. The smallest absolute Gasteiger partial charge is 0.0406 e. The second-order valence-corrected chi connectivity index (χ2v) is 8.90. The molecule has 0 aliphatic heterocycles. The molecule has 2 saturated carbocycles. The van der Waals surface area contributed by atoms with E-state index in [1.54, 1.807) is 0 Å². The second kappa shape index (κ2) is 9.43. The van der Waals surface area contributed by atoms with Crippen molar-refractivity contribution in [3.63, 3.8) is 0 Å². The minimum Gasteiger partial charge on any atom is -0.0843 e. The summed E-state index contributed by atoms with van der Waals surface area (Å²) in [5.74, 6) is 3.81. The molecule has 132 valence electrons. The third-order valence-electron chi connectivity index (χ3n) is 6.47. The summed E-state index contributed by atoms with van der Waals surface area (Å²) >= 11 is 9.40. The maximum absolute atomic E-state index is 5.97. The molecule has 0 atom stereocenters. The van der Waals surface area contributed by atoms with Crippen molar-refractivity contribution < 1.29 is 0 Å². The second-order valence-electron chi connectivity index (χ2n) is 7.94. The summed E-state index contributed by atoms with van der Waals surface area (Å²) in [6.07, 6.45) is 16.5. The highest BCUT2D eigenvalue weighted by Crippen LogP contribution is 2.42. The van der Waals surface area contributed by atoms with E-state index >= 15 is 0 Å². The van der Waals surface area contributed by atoms with Crippen molar-refractivity contribution in [3.8, 4) is 0 Å². The van der Waals surface area contributed by atoms with Crippen LogP contribution in [0, 0.1) is 23.7 Å². The van der Waals surface area contributed by atoms with Crippen molar-refractivity contribution in [2.45, 2.75) is 64.2 Å². The number of rotatable bonds is 5. The monoisotopic (exact) mass is 408 g/mol. The van der Waals surface area contributed by atoms with Crippen LogP contribution in [0.3, 0.4) is 0 Å². The lowest BCUT2D eigenvalue weighted by Crippen LogP contribution is -2.25. The number of benzene rings is 1. The quantitative estimate of drug-likeness (QED) is 0.465. The highest BCUT2D eigenvalue weighted by molar-refractivity contribution is 9.11. The van der Waals surface area contributed by atoms with Gasteiger partial charge in [0.2, 0.25) is 0 Å². The SMILES string of the molecule is Clc1ccc(CCC2CCC(C3CCC(/C=C/Br)CC3)CC2)cc1. The van der Waals surface area contributed by atoms with Crippen molar-refractivity contribution in [3.05, 3.63) is 45.9 Å². The summed E-state index contributed by atoms with van der Waals surface area (Å²) in [5.41, 5.74) is 1.44. The fraction of sp³-hybridized carbons (Fsp3) is 0.636. The molecule has 0 amide bonds. The predicted octanol–water partition coefficient (Wildman–Crippen LogP) is 7.79. The first-order valence-electron chi connectivity index (χ1n) is 9.76. The van der Waals surface area contributed by atoms with E-state index in [4.69, 9.17) is 11.6 Å². The van der Waals surface area contributed by atoms with Crippen molar-refractivity contribution in [2.24, 2.45) is 23.7 Å². The molecule has 0 spiro atoms. The molecule has 0 heterocycles. The first-order chi connectivity index (χ1) is 11.7. The van der Waals surface area contributed by atoms with Gasteiger partial charge in [0, 0.05) is 5.02 Å². The Labute approximate surface area is 161 Å². The van der Waals surface area contributed by atoms with Gasteiger partial charge in [0.1, 0.15) is 0 Å². The Kier molecular flexibility index (Phi) is 7.28. The van der Waals surface area contributed by atoms with Crippen LogP contribution in [0.1, 0.15) is 63.4 Å². The molecule has 0 radical (unpaired) electrons. The molecule has 0 unspecified atom stereocenters. The van der Waals surface area contributed by atoms with Crippen LogP contribution in [-0.2, 0) is 6.42 Å². The van der Waals surface area contributed by atoms with Gasteiger partial charge in [0.15, 0.2) is 0 Å². The Morgan fingerprint density at radius 3 is 2.04 bits per heavy atom. The number of allylic oxidation sites excluding steroid dienone is 1.